The maximum Gasteiger partial charge on any atom is 0.0763 e. The Hall–Kier alpha value is -0.950. The van der Waals surface area contributed by atoms with E-state index in [1.807, 2.05) is 14.1 Å². The molecule has 0 fully saturated rings. The van der Waals surface area contributed by atoms with Crippen LogP contribution in [0.2, 0.25) is 0 Å². The minimum Gasteiger partial charge on any atom is -0.318 e. The van der Waals surface area contributed by atoms with Crippen molar-refractivity contribution in [3.8, 4) is 0 Å². The van der Waals surface area contributed by atoms with Gasteiger partial charge in [-0.15, -0.1) is 0 Å². The molecule has 0 saturated carbocycles. The first-order valence-corrected chi connectivity index (χ1v) is 6.10. The topological polar surface area (TPSA) is 76.8 Å². The average molecular weight is 240 g/mol. The van der Waals surface area contributed by atoms with Gasteiger partial charge in [0.2, 0.25) is 0 Å². The number of aromatic amines is 1. The van der Waals surface area contributed by atoms with Gasteiger partial charge in [0.05, 0.1) is 5.69 Å². The highest BCUT2D eigenvalue weighted by molar-refractivity contribution is 5.08. The van der Waals surface area contributed by atoms with E-state index in [2.05, 4.69) is 37.5 Å². The van der Waals surface area contributed by atoms with Crippen molar-refractivity contribution < 1.29 is 0 Å². The summed E-state index contributed by atoms with van der Waals surface area (Å²) in [6.45, 7) is 5.53. The highest BCUT2D eigenvalue weighted by Gasteiger charge is 1.99. The van der Waals surface area contributed by atoms with E-state index in [9.17, 15) is 0 Å². The van der Waals surface area contributed by atoms with Gasteiger partial charge in [0.15, 0.2) is 0 Å². The molecule has 0 aliphatic heterocycles. The van der Waals surface area contributed by atoms with E-state index in [0.29, 0.717) is 0 Å². The Morgan fingerprint density at radius 1 is 1.00 bits per heavy atom. The molecular formula is C11H24N6. The summed E-state index contributed by atoms with van der Waals surface area (Å²) in [5, 5.41) is 20.1. The largest absolute Gasteiger partial charge is 0.318 e. The summed E-state index contributed by atoms with van der Waals surface area (Å²) in [6.07, 6.45) is 0. The number of hydrogen-bond donors (Lipinski definition) is 5. The van der Waals surface area contributed by atoms with Crippen molar-refractivity contribution in [1.29, 1.82) is 0 Å². The number of aromatic nitrogens is 2. The molecule has 17 heavy (non-hydrogen) atoms. The molecule has 0 bridgehead atoms. The summed E-state index contributed by atoms with van der Waals surface area (Å²) >= 11 is 0. The first-order valence-electron chi connectivity index (χ1n) is 6.10. The van der Waals surface area contributed by atoms with Crippen molar-refractivity contribution in [1.82, 2.24) is 31.5 Å². The minimum absolute atomic E-state index is 0.814. The SMILES string of the molecule is CNCCNCc1cc(CNCCNC)[nH]n1. The molecule has 98 valence electrons. The Morgan fingerprint density at radius 2 is 1.65 bits per heavy atom. The van der Waals surface area contributed by atoms with Gasteiger partial charge in [-0.25, -0.2) is 0 Å². The van der Waals surface area contributed by atoms with Crippen LogP contribution >= 0.6 is 0 Å². The van der Waals surface area contributed by atoms with Crippen LogP contribution in [0.3, 0.4) is 0 Å². The van der Waals surface area contributed by atoms with E-state index < -0.39 is 0 Å². The lowest BCUT2D eigenvalue weighted by molar-refractivity contribution is 0.639. The van der Waals surface area contributed by atoms with Gasteiger partial charge in [0, 0.05) is 45.0 Å². The quantitative estimate of drug-likeness (QED) is 0.340. The Balaban J connectivity index is 2.14. The molecule has 6 nitrogen and oxygen atoms in total. The van der Waals surface area contributed by atoms with E-state index in [1.54, 1.807) is 0 Å². The summed E-state index contributed by atoms with van der Waals surface area (Å²) in [5.41, 5.74) is 2.19. The van der Waals surface area contributed by atoms with Gasteiger partial charge in [-0.3, -0.25) is 5.10 Å². The summed E-state index contributed by atoms with van der Waals surface area (Å²) in [5.74, 6) is 0. The van der Waals surface area contributed by atoms with Gasteiger partial charge in [0.1, 0.15) is 0 Å². The Labute approximate surface area is 103 Å². The van der Waals surface area contributed by atoms with Gasteiger partial charge in [-0.2, -0.15) is 5.10 Å². The number of nitrogens with zero attached hydrogens (tertiary/aromatic N) is 1. The van der Waals surface area contributed by atoms with Crippen LogP contribution in [0.1, 0.15) is 11.4 Å². The van der Waals surface area contributed by atoms with Gasteiger partial charge in [-0.05, 0) is 20.2 Å². The van der Waals surface area contributed by atoms with Crippen molar-refractivity contribution in [3.63, 3.8) is 0 Å². The fourth-order valence-corrected chi connectivity index (χ4v) is 1.46. The van der Waals surface area contributed by atoms with Crippen LogP contribution in [0.25, 0.3) is 0 Å². The number of hydrogen-bond acceptors (Lipinski definition) is 5. The fourth-order valence-electron chi connectivity index (χ4n) is 1.46. The molecule has 1 aromatic rings. The van der Waals surface area contributed by atoms with E-state index in [1.165, 1.54) is 0 Å². The second kappa shape index (κ2) is 9.12. The second-order valence-corrected chi connectivity index (χ2v) is 3.95. The standard InChI is InChI=1S/C11H24N6/c1-12-3-5-14-8-10-7-11(17-16-10)9-15-6-4-13-2/h7,12-15H,3-6,8-9H2,1-2H3,(H,16,17). The molecule has 0 atom stereocenters. The zero-order chi connectivity index (χ0) is 12.3. The second-order valence-electron chi connectivity index (χ2n) is 3.95. The molecule has 1 aromatic heterocycles. The van der Waals surface area contributed by atoms with Crippen LogP contribution in [0.15, 0.2) is 6.07 Å². The monoisotopic (exact) mass is 240 g/mol. The van der Waals surface area contributed by atoms with Crippen LogP contribution in [0.4, 0.5) is 0 Å². The Bertz CT molecular complexity index is 259. The van der Waals surface area contributed by atoms with Crippen molar-refractivity contribution in [3.05, 3.63) is 17.5 Å². The van der Waals surface area contributed by atoms with Crippen LogP contribution in [0.5, 0.6) is 0 Å². The van der Waals surface area contributed by atoms with Gasteiger partial charge >= 0.3 is 0 Å². The zero-order valence-corrected chi connectivity index (χ0v) is 10.8. The summed E-state index contributed by atoms with van der Waals surface area (Å²) in [6, 6.07) is 2.10. The molecular weight excluding hydrogens is 216 g/mol. The predicted molar refractivity (Wildman–Crippen MR) is 69.9 cm³/mol. The van der Waals surface area contributed by atoms with E-state index in [0.717, 1.165) is 50.7 Å². The van der Waals surface area contributed by atoms with Crippen LogP contribution in [0, 0.1) is 0 Å². The molecule has 0 amide bonds. The lowest BCUT2D eigenvalue weighted by Gasteiger charge is -2.01. The van der Waals surface area contributed by atoms with Crippen LogP contribution in [-0.2, 0) is 13.1 Å². The lowest BCUT2D eigenvalue weighted by atomic mass is 10.3. The molecule has 1 rings (SSSR count). The molecule has 0 saturated heterocycles. The number of H-pyrrole nitrogens is 1. The summed E-state index contributed by atoms with van der Waals surface area (Å²) in [7, 11) is 3.90. The molecule has 0 unspecified atom stereocenters. The molecule has 0 spiro atoms. The predicted octanol–water partition coefficient (Wildman–Crippen LogP) is -0.972. The third-order valence-electron chi connectivity index (χ3n) is 2.41. The van der Waals surface area contributed by atoms with E-state index in [4.69, 9.17) is 0 Å². The molecule has 0 aliphatic carbocycles. The third-order valence-corrected chi connectivity index (χ3v) is 2.41. The Kier molecular flexibility index (Phi) is 7.57. The number of nitrogens with one attached hydrogen (secondary N) is 5. The van der Waals surface area contributed by atoms with Crippen molar-refractivity contribution in [2.45, 2.75) is 13.1 Å². The summed E-state index contributed by atoms with van der Waals surface area (Å²) in [4.78, 5) is 0. The van der Waals surface area contributed by atoms with Gasteiger partial charge in [-0.1, -0.05) is 0 Å². The normalized spacial score (nSPS) is 10.9. The van der Waals surface area contributed by atoms with E-state index >= 15 is 0 Å². The fraction of sp³-hybridized carbons (Fsp3) is 0.727. The Morgan fingerprint density at radius 3 is 2.29 bits per heavy atom. The smallest absolute Gasteiger partial charge is 0.0763 e. The minimum atomic E-state index is 0.814. The molecule has 0 aromatic carbocycles. The van der Waals surface area contributed by atoms with E-state index in [-0.39, 0.29) is 0 Å². The van der Waals surface area contributed by atoms with Crippen LogP contribution in [-0.4, -0.2) is 50.5 Å². The lowest BCUT2D eigenvalue weighted by Crippen LogP contribution is -2.24. The molecule has 5 N–H and O–H groups in total. The third kappa shape index (κ3) is 6.38. The summed E-state index contributed by atoms with van der Waals surface area (Å²) < 4.78 is 0. The average Bonchev–Trinajstić information content (AvgIpc) is 2.78. The molecule has 0 radical (unpaired) electrons. The molecule has 1 heterocycles. The number of likely N-dealkylation sites (N-methyl/N-ethyl adjacent to an activating group) is 2. The first-order chi connectivity index (χ1) is 8.36. The van der Waals surface area contributed by atoms with Crippen molar-refractivity contribution in [2.75, 3.05) is 40.3 Å². The maximum absolute atomic E-state index is 4.25. The van der Waals surface area contributed by atoms with Crippen LogP contribution < -0.4 is 21.3 Å². The highest BCUT2D eigenvalue weighted by atomic mass is 15.1. The van der Waals surface area contributed by atoms with Crippen molar-refractivity contribution in [2.24, 2.45) is 0 Å². The van der Waals surface area contributed by atoms with Gasteiger partial charge in [0.25, 0.3) is 0 Å². The maximum atomic E-state index is 4.25. The molecule has 0 aliphatic rings. The first kappa shape index (κ1) is 14.1. The van der Waals surface area contributed by atoms with Crippen molar-refractivity contribution >= 4 is 0 Å². The van der Waals surface area contributed by atoms with Gasteiger partial charge < -0.3 is 21.3 Å². The highest BCUT2D eigenvalue weighted by Crippen LogP contribution is 1.98. The number of rotatable bonds is 10. The zero-order valence-electron chi connectivity index (χ0n) is 10.8. The molecule has 6 heteroatoms.